The van der Waals surface area contributed by atoms with Crippen molar-refractivity contribution in [3.8, 4) is 6.08 Å². The Kier molecular flexibility index (Phi) is 4.28. The number of anilines is 1. The number of carbonyl (C=O) groups excluding carboxylic acids is 1. The summed E-state index contributed by atoms with van der Waals surface area (Å²) in [5, 5.41) is 0. The zero-order chi connectivity index (χ0) is 16.2. The number of ether oxygens (including phenoxy) is 1. The van der Waals surface area contributed by atoms with Crippen molar-refractivity contribution in [2.45, 2.75) is 13.3 Å². The first-order chi connectivity index (χ1) is 11.2. The zero-order valence-electron chi connectivity index (χ0n) is 13.2. The van der Waals surface area contributed by atoms with Crippen molar-refractivity contribution < 1.29 is 13.9 Å². The number of aryl methyl sites for hydroxylation is 1. The number of carbonyl (C=O) groups is 1. The fraction of sp³-hybridized carbons (Fsp3) is 0.222. The van der Waals surface area contributed by atoms with Gasteiger partial charge < -0.3 is 14.1 Å². The molecule has 1 aromatic heterocycles. The number of oxazole rings is 1. The molecule has 5 nitrogen and oxygen atoms in total. The average Bonchev–Trinajstić information content (AvgIpc) is 3.01. The van der Waals surface area contributed by atoms with Gasteiger partial charge in [-0.05, 0) is 30.2 Å². The summed E-state index contributed by atoms with van der Waals surface area (Å²) in [4.78, 5) is 18.1. The van der Waals surface area contributed by atoms with Crippen LogP contribution in [0.1, 0.15) is 12.5 Å². The smallest absolute Gasteiger partial charge is 0.395 e. The Balaban J connectivity index is 1.69. The van der Waals surface area contributed by atoms with Crippen molar-refractivity contribution in [3.05, 3.63) is 54.1 Å². The lowest BCUT2D eigenvalue weighted by Crippen LogP contribution is -2.32. The number of amides is 1. The van der Waals surface area contributed by atoms with Crippen LogP contribution in [-0.2, 0) is 11.2 Å². The van der Waals surface area contributed by atoms with E-state index in [4.69, 9.17) is 9.15 Å². The van der Waals surface area contributed by atoms with Crippen molar-refractivity contribution in [1.29, 1.82) is 0 Å². The van der Waals surface area contributed by atoms with E-state index >= 15 is 0 Å². The Hall–Kier alpha value is -2.82. The summed E-state index contributed by atoms with van der Waals surface area (Å²) in [6.07, 6.45) is 0.969. The number of rotatable bonds is 5. The van der Waals surface area contributed by atoms with Gasteiger partial charge in [0.15, 0.2) is 12.2 Å². The van der Waals surface area contributed by atoms with Crippen LogP contribution >= 0.6 is 0 Å². The fourth-order valence-corrected chi connectivity index (χ4v) is 2.40. The van der Waals surface area contributed by atoms with Gasteiger partial charge in [0.25, 0.3) is 5.91 Å². The number of para-hydroxylation sites is 3. The van der Waals surface area contributed by atoms with Gasteiger partial charge in [-0.25, -0.2) is 0 Å². The highest BCUT2D eigenvalue weighted by Gasteiger charge is 2.16. The van der Waals surface area contributed by atoms with Crippen molar-refractivity contribution in [2.24, 2.45) is 0 Å². The van der Waals surface area contributed by atoms with E-state index in [1.807, 2.05) is 42.5 Å². The lowest BCUT2D eigenvalue weighted by Gasteiger charge is -2.19. The summed E-state index contributed by atoms with van der Waals surface area (Å²) in [7, 11) is 1.74. The van der Waals surface area contributed by atoms with Gasteiger partial charge in [0.2, 0.25) is 0 Å². The van der Waals surface area contributed by atoms with Gasteiger partial charge in [-0.1, -0.05) is 37.3 Å². The van der Waals surface area contributed by atoms with Crippen molar-refractivity contribution >= 4 is 22.7 Å². The molecule has 0 N–H and O–H groups in total. The average molecular weight is 310 g/mol. The first-order valence-corrected chi connectivity index (χ1v) is 7.52. The van der Waals surface area contributed by atoms with Crippen LogP contribution in [0.2, 0.25) is 0 Å². The van der Waals surface area contributed by atoms with E-state index in [1.165, 1.54) is 0 Å². The number of nitrogens with zero attached hydrogens (tertiary/aromatic N) is 2. The highest BCUT2D eigenvalue weighted by atomic mass is 16.6. The highest BCUT2D eigenvalue weighted by molar-refractivity contribution is 5.94. The first-order valence-electron chi connectivity index (χ1n) is 7.52. The molecule has 0 bridgehead atoms. The Morgan fingerprint density at radius 1 is 1.17 bits per heavy atom. The molecule has 0 fully saturated rings. The maximum Gasteiger partial charge on any atom is 0.395 e. The van der Waals surface area contributed by atoms with Crippen molar-refractivity contribution in [2.75, 3.05) is 18.6 Å². The minimum Gasteiger partial charge on any atom is -0.440 e. The molecule has 0 saturated carbocycles. The monoisotopic (exact) mass is 310 g/mol. The molecule has 118 valence electrons. The molecule has 23 heavy (non-hydrogen) atoms. The fourth-order valence-electron chi connectivity index (χ4n) is 2.40. The maximum atomic E-state index is 12.3. The number of fused-ring (bicyclic) bond motifs is 1. The first kappa shape index (κ1) is 15.1. The van der Waals surface area contributed by atoms with Crippen molar-refractivity contribution in [1.82, 2.24) is 4.98 Å². The molecule has 3 aromatic rings. The van der Waals surface area contributed by atoms with E-state index in [2.05, 4.69) is 11.9 Å². The molecule has 2 aromatic carbocycles. The predicted octanol–water partition coefficient (Wildman–Crippen LogP) is 3.43. The van der Waals surface area contributed by atoms with Crippen LogP contribution in [0.4, 0.5) is 5.69 Å². The number of benzene rings is 2. The molecule has 0 aliphatic carbocycles. The summed E-state index contributed by atoms with van der Waals surface area (Å²) in [5.41, 5.74) is 3.35. The predicted molar refractivity (Wildman–Crippen MR) is 88.7 cm³/mol. The van der Waals surface area contributed by atoms with Gasteiger partial charge in [0.05, 0.1) is 0 Å². The molecule has 0 atom stereocenters. The van der Waals surface area contributed by atoms with Crippen LogP contribution in [-0.4, -0.2) is 24.5 Å². The molecule has 0 unspecified atom stereocenters. The van der Waals surface area contributed by atoms with Crippen molar-refractivity contribution in [3.63, 3.8) is 0 Å². The number of likely N-dealkylation sites (N-methyl/N-ethyl adjacent to an activating group) is 1. The van der Waals surface area contributed by atoms with E-state index < -0.39 is 0 Å². The van der Waals surface area contributed by atoms with E-state index in [0.717, 1.165) is 17.7 Å². The van der Waals surface area contributed by atoms with Gasteiger partial charge >= 0.3 is 6.08 Å². The summed E-state index contributed by atoms with van der Waals surface area (Å²) < 4.78 is 10.8. The van der Waals surface area contributed by atoms with Crippen LogP contribution in [0.15, 0.2) is 52.9 Å². The van der Waals surface area contributed by atoms with Crippen LogP contribution in [0.5, 0.6) is 6.08 Å². The quantitative estimate of drug-likeness (QED) is 0.724. The second-order valence-corrected chi connectivity index (χ2v) is 5.17. The molecule has 1 heterocycles. The number of hydrogen-bond acceptors (Lipinski definition) is 4. The van der Waals surface area contributed by atoms with E-state index in [1.54, 1.807) is 18.0 Å². The Bertz CT molecular complexity index is 793. The third kappa shape index (κ3) is 3.18. The third-order valence-electron chi connectivity index (χ3n) is 3.70. The summed E-state index contributed by atoms with van der Waals surface area (Å²) in [6, 6.07) is 15.2. The minimum absolute atomic E-state index is 0.108. The third-order valence-corrected chi connectivity index (χ3v) is 3.70. The Labute approximate surface area is 134 Å². The lowest BCUT2D eigenvalue weighted by atomic mass is 10.1. The van der Waals surface area contributed by atoms with Gasteiger partial charge in [-0.15, -0.1) is 0 Å². The molecular formula is C18H18N2O3. The molecule has 0 saturated heterocycles. The summed E-state index contributed by atoms with van der Waals surface area (Å²) >= 11 is 0. The van der Waals surface area contributed by atoms with Crippen LogP contribution in [0.3, 0.4) is 0 Å². The zero-order valence-corrected chi connectivity index (χ0v) is 13.2. The maximum absolute atomic E-state index is 12.3. The molecule has 0 aliphatic heterocycles. The molecule has 0 radical (unpaired) electrons. The number of aromatic nitrogens is 1. The van der Waals surface area contributed by atoms with Crippen LogP contribution in [0, 0.1) is 0 Å². The Morgan fingerprint density at radius 3 is 2.70 bits per heavy atom. The standard InChI is InChI=1S/C18H18N2O3/c1-3-13-8-4-6-10-15(13)20(2)17(21)12-22-18-19-14-9-5-7-11-16(14)23-18/h4-11H,3,12H2,1-2H3. The second kappa shape index (κ2) is 6.52. The summed E-state index contributed by atoms with van der Waals surface area (Å²) in [5.74, 6) is -0.159. The Morgan fingerprint density at radius 2 is 1.91 bits per heavy atom. The molecular weight excluding hydrogens is 292 g/mol. The van der Waals surface area contributed by atoms with Gasteiger partial charge in [0.1, 0.15) is 5.52 Å². The molecule has 1 amide bonds. The second-order valence-electron chi connectivity index (χ2n) is 5.17. The largest absolute Gasteiger partial charge is 0.440 e. The van der Waals surface area contributed by atoms with Crippen LogP contribution in [0.25, 0.3) is 11.1 Å². The highest BCUT2D eigenvalue weighted by Crippen LogP contribution is 2.21. The lowest BCUT2D eigenvalue weighted by molar-refractivity contribution is -0.120. The van der Waals surface area contributed by atoms with Gasteiger partial charge in [-0.2, -0.15) is 4.98 Å². The van der Waals surface area contributed by atoms with E-state index in [-0.39, 0.29) is 18.6 Å². The topological polar surface area (TPSA) is 55.6 Å². The van der Waals surface area contributed by atoms with E-state index in [0.29, 0.717) is 11.1 Å². The van der Waals surface area contributed by atoms with Gasteiger partial charge in [0, 0.05) is 12.7 Å². The summed E-state index contributed by atoms with van der Waals surface area (Å²) in [6.45, 7) is 1.94. The molecule has 0 spiro atoms. The normalized spacial score (nSPS) is 10.7. The molecule has 0 aliphatic rings. The van der Waals surface area contributed by atoms with Gasteiger partial charge in [-0.3, -0.25) is 4.79 Å². The van der Waals surface area contributed by atoms with Crippen LogP contribution < -0.4 is 9.64 Å². The molecule has 3 rings (SSSR count). The van der Waals surface area contributed by atoms with E-state index in [9.17, 15) is 4.79 Å². The SMILES string of the molecule is CCc1ccccc1N(C)C(=O)COc1nc2ccccc2o1. The molecule has 5 heteroatoms. The number of hydrogen-bond donors (Lipinski definition) is 0. The minimum atomic E-state index is -0.159.